The number of nitrogens with zero attached hydrogens (tertiary/aromatic N) is 1. The number of carbonyl (C=O) groups is 3. The first-order valence-corrected chi connectivity index (χ1v) is 12.2. The highest BCUT2D eigenvalue weighted by molar-refractivity contribution is 6.27. The highest BCUT2D eigenvalue weighted by Crippen LogP contribution is 2.45. The van der Waals surface area contributed by atoms with Gasteiger partial charge in [0.15, 0.2) is 0 Å². The summed E-state index contributed by atoms with van der Waals surface area (Å²) in [5.74, 6) is -1.53. The molecular formula is C27H27ClN2O5. The van der Waals surface area contributed by atoms with E-state index in [0.717, 1.165) is 40.6 Å². The lowest BCUT2D eigenvalue weighted by Crippen LogP contribution is -2.52. The van der Waals surface area contributed by atoms with E-state index in [1.54, 1.807) is 24.3 Å². The van der Waals surface area contributed by atoms with E-state index in [2.05, 4.69) is 11.9 Å². The number of amides is 1. The zero-order valence-electron chi connectivity index (χ0n) is 19.7. The van der Waals surface area contributed by atoms with Crippen molar-refractivity contribution < 1.29 is 23.9 Å². The lowest BCUT2D eigenvalue weighted by Gasteiger charge is -2.40. The van der Waals surface area contributed by atoms with Crippen LogP contribution in [-0.4, -0.2) is 53.4 Å². The number of para-hydroxylation sites is 1. The topological polar surface area (TPSA) is 88.7 Å². The molecule has 5 rings (SSSR count). The van der Waals surface area contributed by atoms with Crippen LogP contribution in [0.15, 0.2) is 48.5 Å². The molecule has 182 valence electrons. The van der Waals surface area contributed by atoms with Crippen LogP contribution in [0.4, 0.5) is 0 Å². The number of aromatic nitrogens is 1. The fourth-order valence-electron chi connectivity index (χ4n) is 4.81. The fraction of sp³-hybridized carbons (Fsp3) is 0.370. The van der Waals surface area contributed by atoms with Gasteiger partial charge in [0, 0.05) is 28.4 Å². The molecule has 2 atom stereocenters. The summed E-state index contributed by atoms with van der Waals surface area (Å²) in [6.45, 7) is 2.51. The molecule has 2 heterocycles. The maximum absolute atomic E-state index is 13.1. The van der Waals surface area contributed by atoms with Gasteiger partial charge in [0.25, 0.3) is 0 Å². The minimum Gasteiger partial charge on any atom is -0.467 e. The number of hydrogen-bond acceptors (Lipinski definition) is 5. The zero-order chi connectivity index (χ0) is 24.7. The molecule has 35 heavy (non-hydrogen) atoms. The van der Waals surface area contributed by atoms with E-state index in [0.29, 0.717) is 18.6 Å². The Bertz CT molecular complexity index is 1290. The third-order valence-electron chi connectivity index (χ3n) is 7.12. The number of esters is 2. The number of carbonyl (C=O) groups excluding carboxylic acids is 3. The number of fused-ring (bicyclic) bond motifs is 3. The van der Waals surface area contributed by atoms with Crippen molar-refractivity contribution in [1.82, 2.24) is 9.88 Å². The largest absolute Gasteiger partial charge is 0.467 e. The molecule has 8 heteroatoms. The van der Waals surface area contributed by atoms with E-state index in [9.17, 15) is 14.4 Å². The molecular weight excluding hydrogens is 468 g/mol. The number of methoxy groups -OCH3 is 1. The summed E-state index contributed by atoms with van der Waals surface area (Å²) >= 11 is 5.99. The van der Waals surface area contributed by atoms with Crippen LogP contribution in [0.5, 0.6) is 0 Å². The average molecular weight is 495 g/mol. The Hall–Kier alpha value is -3.32. The van der Waals surface area contributed by atoms with Crippen molar-refractivity contribution in [3.63, 3.8) is 0 Å². The third-order valence-corrected chi connectivity index (χ3v) is 7.35. The van der Waals surface area contributed by atoms with Crippen LogP contribution in [0.2, 0.25) is 0 Å². The Morgan fingerprint density at radius 3 is 2.49 bits per heavy atom. The quantitative estimate of drug-likeness (QED) is 0.406. The number of aromatic amines is 1. The molecule has 1 aliphatic carbocycles. The lowest BCUT2D eigenvalue weighted by atomic mass is 9.87. The molecule has 0 saturated heterocycles. The van der Waals surface area contributed by atoms with Crippen LogP contribution in [0.1, 0.15) is 53.0 Å². The first-order valence-electron chi connectivity index (χ1n) is 11.7. The third kappa shape index (κ3) is 4.29. The Kier molecular flexibility index (Phi) is 6.05. The summed E-state index contributed by atoms with van der Waals surface area (Å²) in [7, 11) is 1.31. The summed E-state index contributed by atoms with van der Waals surface area (Å²) in [5.41, 5.74) is 3.98. The molecule has 3 aromatic rings. The zero-order valence-corrected chi connectivity index (χ0v) is 20.4. The molecule has 1 N–H and O–H groups in total. The summed E-state index contributed by atoms with van der Waals surface area (Å²) in [6, 6.07) is 13.4. The minimum atomic E-state index is -0.827. The normalized spacial score (nSPS) is 20.3. The Labute approximate surface area is 208 Å². The number of nitrogens with one attached hydrogen (secondary N) is 1. The summed E-state index contributed by atoms with van der Waals surface area (Å²) in [6.07, 6.45) is 2.45. The van der Waals surface area contributed by atoms with Crippen molar-refractivity contribution >= 4 is 40.3 Å². The van der Waals surface area contributed by atoms with Crippen LogP contribution in [0.25, 0.3) is 10.9 Å². The molecule has 1 aromatic heterocycles. The average Bonchev–Trinajstić information content (AvgIpc) is 3.51. The molecule has 0 unspecified atom stereocenters. The monoisotopic (exact) mass is 494 g/mol. The van der Waals surface area contributed by atoms with Crippen molar-refractivity contribution in [2.24, 2.45) is 5.41 Å². The smallest absolute Gasteiger partial charge is 0.338 e. The molecule has 1 saturated carbocycles. The molecule has 0 spiro atoms. The number of rotatable bonds is 6. The Morgan fingerprint density at radius 2 is 1.83 bits per heavy atom. The number of H-pyrrole nitrogens is 1. The SMILES string of the molecule is COC(=O)[C@H]1Cc2c([nH]c3ccccc23)[C@H](c2ccc(C(=O)OCC3(C)CC3)cc2)N1C(=O)CCl. The van der Waals surface area contributed by atoms with Crippen molar-refractivity contribution in [3.05, 3.63) is 70.9 Å². The van der Waals surface area contributed by atoms with Crippen molar-refractivity contribution in [3.8, 4) is 0 Å². The fourth-order valence-corrected chi connectivity index (χ4v) is 4.95. The predicted molar refractivity (Wildman–Crippen MR) is 131 cm³/mol. The van der Waals surface area contributed by atoms with Gasteiger partial charge in [0.2, 0.25) is 5.91 Å². The highest BCUT2D eigenvalue weighted by Gasteiger charge is 2.44. The Morgan fingerprint density at radius 1 is 1.11 bits per heavy atom. The Balaban J connectivity index is 1.55. The second kappa shape index (κ2) is 9.04. The van der Waals surface area contributed by atoms with Gasteiger partial charge in [-0.15, -0.1) is 11.6 Å². The van der Waals surface area contributed by atoms with Gasteiger partial charge in [0.05, 0.1) is 25.3 Å². The van der Waals surface area contributed by atoms with Gasteiger partial charge in [0.1, 0.15) is 11.9 Å². The van der Waals surface area contributed by atoms with Gasteiger partial charge < -0.3 is 19.4 Å². The number of alkyl halides is 1. The first-order chi connectivity index (χ1) is 16.8. The number of benzene rings is 2. The second-order valence-electron chi connectivity index (χ2n) is 9.65. The molecule has 1 amide bonds. The maximum atomic E-state index is 13.1. The lowest BCUT2D eigenvalue weighted by molar-refractivity contribution is -0.154. The molecule has 7 nitrogen and oxygen atoms in total. The van der Waals surface area contributed by atoms with E-state index < -0.39 is 18.1 Å². The highest BCUT2D eigenvalue weighted by atomic mass is 35.5. The molecule has 2 aromatic carbocycles. The second-order valence-corrected chi connectivity index (χ2v) is 9.92. The van der Waals surface area contributed by atoms with E-state index in [4.69, 9.17) is 21.1 Å². The van der Waals surface area contributed by atoms with E-state index in [1.807, 2.05) is 24.3 Å². The van der Waals surface area contributed by atoms with Gasteiger partial charge in [-0.05, 0) is 42.2 Å². The molecule has 0 bridgehead atoms. The summed E-state index contributed by atoms with van der Waals surface area (Å²) in [5, 5.41) is 0.994. The van der Waals surface area contributed by atoms with Crippen molar-refractivity contribution in [2.75, 3.05) is 19.6 Å². The molecule has 1 fully saturated rings. The van der Waals surface area contributed by atoms with Crippen LogP contribution in [0.3, 0.4) is 0 Å². The van der Waals surface area contributed by atoms with Crippen molar-refractivity contribution in [1.29, 1.82) is 0 Å². The number of hydrogen-bond donors (Lipinski definition) is 1. The van der Waals surface area contributed by atoms with Crippen LogP contribution in [-0.2, 0) is 25.5 Å². The number of ether oxygens (including phenoxy) is 2. The van der Waals surface area contributed by atoms with Crippen LogP contribution < -0.4 is 0 Å². The molecule has 0 radical (unpaired) electrons. The van der Waals surface area contributed by atoms with Gasteiger partial charge in [-0.2, -0.15) is 0 Å². The van der Waals surface area contributed by atoms with Gasteiger partial charge >= 0.3 is 11.9 Å². The minimum absolute atomic E-state index is 0.106. The molecule has 2 aliphatic rings. The summed E-state index contributed by atoms with van der Waals surface area (Å²) in [4.78, 5) is 43.4. The van der Waals surface area contributed by atoms with E-state index in [-0.39, 0.29) is 23.2 Å². The van der Waals surface area contributed by atoms with Gasteiger partial charge in [-0.1, -0.05) is 37.3 Å². The van der Waals surface area contributed by atoms with Crippen molar-refractivity contribution in [2.45, 2.75) is 38.3 Å². The number of halogens is 1. The standard InChI is InChI=1S/C27H27ClN2O5/c1-27(11-12-27)15-35-25(32)17-9-7-16(8-10-17)24-23-19(18-5-3-4-6-20(18)29-23)13-21(26(33)34-2)30(24)22(31)14-28/h3-10,21,24,29H,11-15H2,1-2H3/t21-,24+/m1/s1. The maximum Gasteiger partial charge on any atom is 0.338 e. The first kappa shape index (κ1) is 23.4. The van der Waals surface area contributed by atoms with Gasteiger partial charge in [-0.3, -0.25) is 4.79 Å². The molecule has 1 aliphatic heterocycles. The van der Waals surface area contributed by atoms with E-state index >= 15 is 0 Å². The van der Waals surface area contributed by atoms with Crippen LogP contribution >= 0.6 is 11.6 Å². The van der Waals surface area contributed by atoms with Crippen LogP contribution in [0, 0.1) is 5.41 Å². The summed E-state index contributed by atoms with van der Waals surface area (Å²) < 4.78 is 10.6. The predicted octanol–water partition coefficient (Wildman–Crippen LogP) is 4.38. The van der Waals surface area contributed by atoms with Gasteiger partial charge in [-0.25, -0.2) is 9.59 Å². The van der Waals surface area contributed by atoms with E-state index in [1.165, 1.54) is 12.0 Å².